The molecule has 0 radical (unpaired) electrons. The van der Waals surface area contributed by atoms with E-state index in [9.17, 15) is 14.7 Å². The number of carbonyl (C=O) groups excluding carboxylic acids is 1. The molecule has 0 saturated carbocycles. The zero-order chi connectivity index (χ0) is 14.8. The van der Waals surface area contributed by atoms with Crippen LogP contribution in [0.1, 0.15) is 12.5 Å². The monoisotopic (exact) mass is 279 g/mol. The fourth-order valence-electron chi connectivity index (χ4n) is 2.14. The molecule has 0 aromatic heterocycles. The predicted molar refractivity (Wildman–Crippen MR) is 69.9 cm³/mol. The van der Waals surface area contributed by atoms with Gasteiger partial charge in [0, 0.05) is 6.54 Å². The summed E-state index contributed by atoms with van der Waals surface area (Å²) in [4.78, 5) is 24.2. The second-order valence-corrected chi connectivity index (χ2v) is 5.16. The predicted octanol–water partition coefficient (Wildman–Crippen LogP) is 1.09. The second kappa shape index (κ2) is 5.50. The van der Waals surface area contributed by atoms with Gasteiger partial charge in [0.2, 0.25) is 0 Å². The molecule has 1 aliphatic rings. The fraction of sp³-hybridized carbons (Fsp3) is 0.429. The summed E-state index contributed by atoms with van der Waals surface area (Å²) >= 11 is 0. The normalized spacial score (nSPS) is 25.5. The molecule has 6 nitrogen and oxygen atoms in total. The number of aliphatic carboxylic acids is 1. The number of hydrogen-bond donors (Lipinski definition) is 2. The highest BCUT2D eigenvalue weighted by molar-refractivity contribution is 5.78. The average molecular weight is 279 g/mol. The van der Waals surface area contributed by atoms with Crippen molar-refractivity contribution in [3.63, 3.8) is 0 Å². The molecule has 1 aromatic carbocycles. The van der Waals surface area contributed by atoms with Crippen LogP contribution in [0.3, 0.4) is 0 Å². The molecule has 1 saturated heterocycles. The van der Waals surface area contributed by atoms with Crippen molar-refractivity contribution in [1.29, 1.82) is 0 Å². The molecule has 20 heavy (non-hydrogen) atoms. The van der Waals surface area contributed by atoms with Gasteiger partial charge in [-0.2, -0.15) is 0 Å². The van der Waals surface area contributed by atoms with Crippen LogP contribution in [0.25, 0.3) is 0 Å². The van der Waals surface area contributed by atoms with Gasteiger partial charge >= 0.3 is 12.1 Å². The summed E-state index contributed by atoms with van der Waals surface area (Å²) in [6.45, 7) is 1.45. The molecule has 1 fully saturated rings. The lowest BCUT2D eigenvalue weighted by Crippen LogP contribution is -2.39. The van der Waals surface area contributed by atoms with E-state index in [1.807, 2.05) is 30.3 Å². The number of carboxylic acids is 1. The summed E-state index contributed by atoms with van der Waals surface area (Å²) in [5, 5.41) is 18.9. The van der Waals surface area contributed by atoms with E-state index in [1.54, 1.807) is 0 Å². The highest BCUT2D eigenvalue weighted by Gasteiger charge is 2.50. The van der Waals surface area contributed by atoms with Gasteiger partial charge in [0.1, 0.15) is 12.0 Å². The van der Waals surface area contributed by atoms with E-state index in [0.29, 0.717) is 0 Å². The topological polar surface area (TPSA) is 87.1 Å². The van der Waals surface area contributed by atoms with E-state index in [-0.39, 0.29) is 19.7 Å². The molecule has 0 bridgehead atoms. The van der Waals surface area contributed by atoms with E-state index < -0.39 is 23.6 Å². The Labute approximate surface area is 116 Å². The van der Waals surface area contributed by atoms with Crippen LogP contribution in [0, 0.1) is 5.41 Å². The zero-order valence-electron chi connectivity index (χ0n) is 11.2. The number of ether oxygens (including phenoxy) is 1. The third-order valence-corrected chi connectivity index (χ3v) is 3.60. The Morgan fingerprint density at radius 3 is 2.60 bits per heavy atom. The Hall–Kier alpha value is -2.08. The van der Waals surface area contributed by atoms with Gasteiger partial charge in [0.25, 0.3) is 0 Å². The number of likely N-dealkylation sites (tertiary alicyclic amines) is 1. The summed E-state index contributed by atoms with van der Waals surface area (Å²) in [6, 6.07) is 9.19. The SMILES string of the molecule is C[C@@]1(C(=O)O)CN(C(=O)OCc2ccccc2)CC1O. The first kappa shape index (κ1) is 14.3. The molecule has 0 aliphatic carbocycles. The van der Waals surface area contributed by atoms with Crippen LogP contribution in [0.4, 0.5) is 4.79 Å². The number of amides is 1. The summed E-state index contributed by atoms with van der Waals surface area (Å²) < 4.78 is 5.12. The van der Waals surface area contributed by atoms with Gasteiger partial charge in [-0.05, 0) is 12.5 Å². The minimum Gasteiger partial charge on any atom is -0.481 e. The maximum atomic E-state index is 11.9. The Balaban J connectivity index is 1.93. The molecule has 1 amide bonds. The highest BCUT2D eigenvalue weighted by atomic mass is 16.6. The lowest BCUT2D eigenvalue weighted by molar-refractivity contribution is -0.151. The number of rotatable bonds is 3. The fourth-order valence-corrected chi connectivity index (χ4v) is 2.14. The number of β-amino-alcohol motifs (C(OH)–C–C–N with tert-alkyl or cyclic N) is 1. The minimum absolute atomic E-state index is 0.0313. The summed E-state index contributed by atoms with van der Waals surface area (Å²) in [7, 11) is 0. The van der Waals surface area contributed by atoms with E-state index in [2.05, 4.69) is 0 Å². The number of carbonyl (C=O) groups is 2. The van der Waals surface area contributed by atoms with Gasteiger partial charge in [-0.1, -0.05) is 30.3 Å². The van der Waals surface area contributed by atoms with Crippen LogP contribution in [0.5, 0.6) is 0 Å². The molecule has 108 valence electrons. The third kappa shape index (κ3) is 2.75. The first-order valence-electron chi connectivity index (χ1n) is 6.30. The van der Waals surface area contributed by atoms with E-state index in [4.69, 9.17) is 9.84 Å². The number of nitrogens with zero attached hydrogens (tertiary/aromatic N) is 1. The third-order valence-electron chi connectivity index (χ3n) is 3.60. The standard InChI is InChI=1S/C14H17NO5/c1-14(12(17)18)9-15(7-11(14)16)13(19)20-8-10-5-3-2-4-6-10/h2-6,11,16H,7-9H2,1H3,(H,17,18)/t11?,14-/m1/s1. The molecule has 1 heterocycles. The van der Waals surface area contributed by atoms with Crippen molar-refractivity contribution < 1.29 is 24.5 Å². The van der Waals surface area contributed by atoms with E-state index >= 15 is 0 Å². The summed E-state index contributed by atoms with van der Waals surface area (Å²) in [5.41, 5.74) is -0.493. The van der Waals surface area contributed by atoms with Crippen molar-refractivity contribution in [3.8, 4) is 0 Å². The summed E-state index contributed by atoms with van der Waals surface area (Å²) in [6.07, 6.45) is -1.71. The number of benzene rings is 1. The first-order chi connectivity index (χ1) is 9.43. The molecular formula is C14H17NO5. The van der Waals surface area contributed by atoms with Crippen LogP contribution in [0.15, 0.2) is 30.3 Å². The Morgan fingerprint density at radius 1 is 1.40 bits per heavy atom. The first-order valence-corrected chi connectivity index (χ1v) is 6.30. The van der Waals surface area contributed by atoms with Crippen LogP contribution in [0.2, 0.25) is 0 Å². The van der Waals surface area contributed by atoms with Crippen molar-refractivity contribution in [2.45, 2.75) is 19.6 Å². The van der Waals surface area contributed by atoms with Crippen LogP contribution in [-0.2, 0) is 16.1 Å². The number of carboxylic acid groups (broad SMARTS) is 1. The molecule has 1 aliphatic heterocycles. The van der Waals surface area contributed by atoms with Crippen LogP contribution >= 0.6 is 0 Å². The molecular weight excluding hydrogens is 262 g/mol. The Morgan fingerprint density at radius 2 is 2.05 bits per heavy atom. The van der Waals surface area contributed by atoms with Crippen molar-refractivity contribution >= 4 is 12.1 Å². The van der Waals surface area contributed by atoms with Crippen molar-refractivity contribution in [2.75, 3.05) is 13.1 Å². The zero-order valence-corrected chi connectivity index (χ0v) is 11.2. The molecule has 0 spiro atoms. The van der Waals surface area contributed by atoms with Crippen molar-refractivity contribution in [1.82, 2.24) is 4.90 Å². The molecule has 2 N–H and O–H groups in total. The maximum Gasteiger partial charge on any atom is 0.410 e. The van der Waals surface area contributed by atoms with Gasteiger partial charge in [-0.3, -0.25) is 4.79 Å². The Bertz CT molecular complexity index is 504. The van der Waals surface area contributed by atoms with E-state index in [1.165, 1.54) is 11.8 Å². The quantitative estimate of drug-likeness (QED) is 0.865. The van der Waals surface area contributed by atoms with Gasteiger partial charge in [0.05, 0.1) is 12.6 Å². The maximum absolute atomic E-state index is 11.9. The lowest BCUT2D eigenvalue weighted by Gasteiger charge is -2.21. The largest absolute Gasteiger partial charge is 0.481 e. The van der Waals surface area contributed by atoms with Crippen LogP contribution in [-0.4, -0.2) is 46.4 Å². The van der Waals surface area contributed by atoms with Gasteiger partial charge in [-0.25, -0.2) is 4.79 Å². The lowest BCUT2D eigenvalue weighted by atomic mass is 9.87. The highest BCUT2D eigenvalue weighted by Crippen LogP contribution is 2.31. The average Bonchev–Trinajstić information content (AvgIpc) is 2.75. The molecule has 1 aromatic rings. The van der Waals surface area contributed by atoms with E-state index in [0.717, 1.165) is 5.56 Å². The minimum atomic E-state index is -1.34. The smallest absolute Gasteiger partial charge is 0.410 e. The number of hydrogen-bond acceptors (Lipinski definition) is 4. The molecule has 1 unspecified atom stereocenters. The molecule has 6 heteroatoms. The van der Waals surface area contributed by atoms with Gasteiger partial charge in [-0.15, -0.1) is 0 Å². The second-order valence-electron chi connectivity index (χ2n) is 5.16. The molecule has 2 atom stereocenters. The number of aliphatic hydroxyl groups excluding tert-OH is 1. The molecule has 2 rings (SSSR count). The van der Waals surface area contributed by atoms with Crippen LogP contribution < -0.4 is 0 Å². The number of aliphatic hydroxyl groups is 1. The Kier molecular flexibility index (Phi) is 3.94. The van der Waals surface area contributed by atoms with Crippen molar-refractivity contribution in [3.05, 3.63) is 35.9 Å². The van der Waals surface area contributed by atoms with Gasteiger partial charge < -0.3 is 19.8 Å². The van der Waals surface area contributed by atoms with Gasteiger partial charge in [0.15, 0.2) is 0 Å². The summed E-state index contributed by atoms with van der Waals surface area (Å²) in [5.74, 6) is -1.12. The van der Waals surface area contributed by atoms with Crippen molar-refractivity contribution in [2.24, 2.45) is 5.41 Å².